The monoisotopic (exact) mass is 224 g/mol. The van der Waals surface area contributed by atoms with Gasteiger partial charge in [0.1, 0.15) is 11.6 Å². The highest BCUT2D eigenvalue weighted by Gasteiger charge is 2.07. The summed E-state index contributed by atoms with van der Waals surface area (Å²) in [5, 5.41) is 0. The Morgan fingerprint density at radius 1 is 1.25 bits per heavy atom. The van der Waals surface area contributed by atoms with Gasteiger partial charge in [0.05, 0.1) is 6.61 Å². The molecule has 0 spiro atoms. The van der Waals surface area contributed by atoms with Gasteiger partial charge in [-0.2, -0.15) is 0 Å². The summed E-state index contributed by atoms with van der Waals surface area (Å²) in [5.41, 5.74) is 0.751. The zero-order valence-corrected chi connectivity index (χ0v) is 10.4. The molecule has 0 aromatic heterocycles. The summed E-state index contributed by atoms with van der Waals surface area (Å²) in [6.45, 7) is 6.80. The largest absolute Gasteiger partial charge is 0.493 e. The van der Waals surface area contributed by atoms with Crippen molar-refractivity contribution in [3.8, 4) is 5.75 Å². The Morgan fingerprint density at radius 3 is 2.56 bits per heavy atom. The van der Waals surface area contributed by atoms with Crippen molar-refractivity contribution in [3.05, 3.63) is 29.6 Å². The molecule has 1 aromatic carbocycles. The van der Waals surface area contributed by atoms with Gasteiger partial charge in [-0.15, -0.1) is 0 Å². The van der Waals surface area contributed by atoms with Crippen molar-refractivity contribution in [2.75, 3.05) is 6.61 Å². The number of halogens is 1. The van der Waals surface area contributed by atoms with Gasteiger partial charge in [-0.3, -0.25) is 0 Å². The van der Waals surface area contributed by atoms with E-state index >= 15 is 0 Å². The van der Waals surface area contributed by atoms with Crippen LogP contribution in [0, 0.1) is 5.82 Å². The first kappa shape index (κ1) is 13.0. The van der Waals surface area contributed by atoms with Crippen molar-refractivity contribution in [1.29, 1.82) is 0 Å². The Morgan fingerprint density at radius 2 is 2.00 bits per heavy atom. The van der Waals surface area contributed by atoms with E-state index in [0.717, 1.165) is 18.4 Å². The second-order valence-corrected chi connectivity index (χ2v) is 4.39. The molecular weight excluding hydrogens is 203 g/mol. The van der Waals surface area contributed by atoms with Crippen molar-refractivity contribution in [3.63, 3.8) is 0 Å². The fourth-order valence-corrected chi connectivity index (χ4v) is 1.61. The summed E-state index contributed by atoms with van der Waals surface area (Å²) in [4.78, 5) is 0. The van der Waals surface area contributed by atoms with Crippen molar-refractivity contribution in [2.24, 2.45) is 0 Å². The van der Waals surface area contributed by atoms with Crippen molar-refractivity contribution in [1.82, 2.24) is 0 Å². The van der Waals surface area contributed by atoms with E-state index in [1.807, 2.05) is 26.0 Å². The summed E-state index contributed by atoms with van der Waals surface area (Å²) < 4.78 is 19.1. The molecule has 0 N–H and O–H groups in total. The third-order valence-corrected chi connectivity index (χ3v) is 2.61. The molecule has 0 aliphatic rings. The summed E-state index contributed by atoms with van der Waals surface area (Å²) in [6.07, 6.45) is 3.36. The van der Waals surface area contributed by atoms with Gasteiger partial charge in [0.15, 0.2) is 0 Å². The van der Waals surface area contributed by atoms with Crippen LogP contribution in [0.4, 0.5) is 4.39 Å². The third-order valence-electron chi connectivity index (χ3n) is 2.61. The van der Waals surface area contributed by atoms with Crippen molar-refractivity contribution in [2.45, 2.75) is 46.0 Å². The van der Waals surface area contributed by atoms with E-state index in [1.165, 1.54) is 12.5 Å². The summed E-state index contributed by atoms with van der Waals surface area (Å²) in [6, 6.07) is 5.15. The highest BCUT2D eigenvalue weighted by atomic mass is 19.1. The van der Waals surface area contributed by atoms with E-state index in [1.54, 1.807) is 0 Å². The predicted molar refractivity (Wildman–Crippen MR) is 65.5 cm³/mol. The molecule has 0 fully saturated rings. The lowest BCUT2D eigenvalue weighted by atomic mass is 10.0. The van der Waals surface area contributed by atoms with Crippen molar-refractivity contribution < 1.29 is 9.13 Å². The van der Waals surface area contributed by atoms with Crippen LogP contribution in [-0.4, -0.2) is 6.61 Å². The van der Waals surface area contributed by atoms with Crippen LogP contribution in [0.25, 0.3) is 0 Å². The molecule has 0 radical (unpaired) electrons. The lowest BCUT2D eigenvalue weighted by Crippen LogP contribution is -1.99. The fourth-order valence-electron chi connectivity index (χ4n) is 1.61. The Kier molecular flexibility index (Phi) is 5.30. The van der Waals surface area contributed by atoms with Crippen LogP contribution in [0.5, 0.6) is 5.75 Å². The molecule has 0 bridgehead atoms. The van der Waals surface area contributed by atoms with E-state index in [4.69, 9.17) is 4.74 Å². The Labute approximate surface area is 97.6 Å². The van der Waals surface area contributed by atoms with Crippen LogP contribution in [-0.2, 0) is 0 Å². The molecule has 1 nitrogen and oxygen atoms in total. The summed E-state index contributed by atoms with van der Waals surface area (Å²) >= 11 is 0. The van der Waals surface area contributed by atoms with E-state index < -0.39 is 0 Å². The van der Waals surface area contributed by atoms with Gasteiger partial charge in [0.2, 0.25) is 0 Å². The number of rotatable bonds is 6. The molecule has 90 valence electrons. The molecular formula is C14H21FO. The Balaban J connectivity index is 2.53. The fraction of sp³-hybridized carbons (Fsp3) is 0.571. The molecule has 0 aliphatic heterocycles. The minimum atomic E-state index is -0.164. The molecule has 0 amide bonds. The maximum Gasteiger partial charge on any atom is 0.130 e. The van der Waals surface area contributed by atoms with Gasteiger partial charge in [-0.05, 0) is 24.0 Å². The maximum atomic E-state index is 13.6. The number of hydrogen-bond donors (Lipinski definition) is 0. The first-order valence-corrected chi connectivity index (χ1v) is 6.07. The first-order valence-electron chi connectivity index (χ1n) is 6.07. The average molecular weight is 224 g/mol. The molecule has 1 rings (SSSR count). The summed E-state index contributed by atoms with van der Waals surface area (Å²) in [5.74, 6) is 0.690. The standard InChI is InChI=1S/C14H21FO/c1-4-5-6-9-16-12-7-8-13(11(2)3)14(15)10-12/h7-8,10-11H,4-6,9H2,1-3H3. The summed E-state index contributed by atoms with van der Waals surface area (Å²) in [7, 11) is 0. The number of ether oxygens (including phenoxy) is 1. The van der Waals surface area contributed by atoms with E-state index in [-0.39, 0.29) is 11.7 Å². The quantitative estimate of drug-likeness (QED) is 0.646. The number of unbranched alkanes of at least 4 members (excludes halogenated alkanes) is 2. The number of hydrogen-bond acceptors (Lipinski definition) is 1. The zero-order valence-electron chi connectivity index (χ0n) is 10.4. The highest BCUT2D eigenvalue weighted by Crippen LogP contribution is 2.22. The van der Waals surface area contributed by atoms with Gasteiger partial charge in [0, 0.05) is 6.07 Å². The zero-order chi connectivity index (χ0) is 12.0. The second kappa shape index (κ2) is 6.51. The molecule has 0 unspecified atom stereocenters. The lowest BCUT2D eigenvalue weighted by molar-refractivity contribution is 0.304. The van der Waals surface area contributed by atoms with Gasteiger partial charge in [-0.25, -0.2) is 4.39 Å². The molecule has 0 atom stereocenters. The van der Waals surface area contributed by atoms with Crippen molar-refractivity contribution >= 4 is 0 Å². The Hall–Kier alpha value is -1.05. The molecule has 2 heteroatoms. The third kappa shape index (κ3) is 3.84. The van der Waals surface area contributed by atoms with Gasteiger partial charge in [0.25, 0.3) is 0 Å². The van der Waals surface area contributed by atoms with Gasteiger partial charge < -0.3 is 4.74 Å². The second-order valence-electron chi connectivity index (χ2n) is 4.39. The smallest absolute Gasteiger partial charge is 0.130 e. The van der Waals surface area contributed by atoms with Crippen LogP contribution >= 0.6 is 0 Å². The number of benzene rings is 1. The molecule has 0 saturated heterocycles. The van der Waals surface area contributed by atoms with E-state index in [2.05, 4.69) is 6.92 Å². The van der Waals surface area contributed by atoms with Crippen LogP contribution in [0.2, 0.25) is 0 Å². The SMILES string of the molecule is CCCCCOc1ccc(C(C)C)c(F)c1. The predicted octanol–water partition coefficient (Wildman–Crippen LogP) is 4.52. The van der Waals surface area contributed by atoms with Gasteiger partial charge in [-0.1, -0.05) is 39.7 Å². The van der Waals surface area contributed by atoms with E-state index in [0.29, 0.717) is 12.4 Å². The molecule has 1 aromatic rings. The van der Waals surface area contributed by atoms with Crippen LogP contribution in [0.1, 0.15) is 51.5 Å². The lowest BCUT2D eigenvalue weighted by Gasteiger charge is -2.10. The van der Waals surface area contributed by atoms with Crippen LogP contribution in [0.3, 0.4) is 0 Å². The minimum Gasteiger partial charge on any atom is -0.493 e. The maximum absolute atomic E-state index is 13.6. The molecule has 0 heterocycles. The average Bonchev–Trinajstić information content (AvgIpc) is 2.24. The topological polar surface area (TPSA) is 9.23 Å². The molecule has 0 saturated carbocycles. The van der Waals surface area contributed by atoms with Crippen LogP contribution < -0.4 is 4.74 Å². The minimum absolute atomic E-state index is 0.164. The first-order chi connectivity index (χ1) is 7.65. The molecule has 16 heavy (non-hydrogen) atoms. The molecule has 0 aliphatic carbocycles. The highest BCUT2D eigenvalue weighted by molar-refractivity contribution is 5.30. The van der Waals surface area contributed by atoms with Gasteiger partial charge >= 0.3 is 0 Å². The Bertz CT molecular complexity index is 321. The normalized spacial score (nSPS) is 10.8. The van der Waals surface area contributed by atoms with E-state index in [9.17, 15) is 4.39 Å². The van der Waals surface area contributed by atoms with Crippen LogP contribution in [0.15, 0.2) is 18.2 Å².